The largest absolute Gasteiger partial charge is 0.724 e. The predicted octanol–water partition coefficient (Wildman–Crippen LogP) is -0.404. The molecule has 3 aromatic rings. The molecule has 4 rings (SSSR count). The Balaban J connectivity index is 1.49. The Hall–Kier alpha value is -4.63. The molecule has 2 amide bonds. The molecule has 2 aromatic heterocycles. The number of aromatic nitrogens is 3. The number of nitrogen functional groups attached to an aromatic ring is 1. The highest BCUT2D eigenvalue weighted by molar-refractivity contribution is 7.80. The van der Waals surface area contributed by atoms with Gasteiger partial charge in [-0.25, -0.2) is 18.2 Å². The Morgan fingerprint density at radius 3 is 2.54 bits per heavy atom. The number of nitrogens with zero attached hydrogens (tertiary/aromatic N) is 5. The molecule has 260 valence electrons. The summed E-state index contributed by atoms with van der Waals surface area (Å²) in [6, 6.07) is 5.82. The summed E-state index contributed by atoms with van der Waals surface area (Å²) in [5.41, 5.74) is 11.3. The third kappa shape index (κ3) is 8.63. The predicted molar refractivity (Wildman–Crippen MR) is 168 cm³/mol. The first-order valence-corrected chi connectivity index (χ1v) is 16.8. The van der Waals surface area contributed by atoms with Gasteiger partial charge in [0.2, 0.25) is 16.6 Å². The maximum Gasteiger partial charge on any atom is 0.353 e. The van der Waals surface area contributed by atoms with E-state index in [2.05, 4.69) is 24.4 Å². The second-order valence-electron chi connectivity index (χ2n) is 11.0. The molecule has 0 radical (unpaired) electrons. The van der Waals surface area contributed by atoms with Gasteiger partial charge in [0.05, 0.1) is 30.5 Å². The van der Waals surface area contributed by atoms with Gasteiger partial charge in [0.25, 0.3) is 17.9 Å². The molecule has 0 spiro atoms. The number of carbonyl (C=O) groups is 3. The van der Waals surface area contributed by atoms with Crippen molar-refractivity contribution in [1.82, 2.24) is 20.0 Å². The van der Waals surface area contributed by atoms with Gasteiger partial charge in [0, 0.05) is 5.38 Å². The number of rotatable bonds is 16. The van der Waals surface area contributed by atoms with Gasteiger partial charge in [-0.15, -0.1) is 16.0 Å². The van der Waals surface area contributed by atoms with Crippen LogP contribution in [-0.4, -0.2) is 88.6 Å². The van der Waals surface area contributed by atoms with E-state index in [1.165, 1.54) is 19.2 Å². The molecule has 1 saturated heterocycles. The zero-order chi connectivity index (χ0) is 35.2. The average Bonchev–Trinajstić information content (AvgIpc) is 3.63. The number of carbonyl (C=O) groups excluding carboxylic acids is 3. The Morgan fingerprint density at radius 2 is 1.96 bits per heavy atom. The van der Waals surface area contributed by atoms with Gasteiger partial charge in [-0.1, -0.05) is 17.3 Å². The van der Waals surface area contributed by atoms with E-state index in [4.69, 9.17) is 25.8 Å². The van der Waals surface area contributed by atoms with E-state index < -0.39 is 51.6 Å². The lowest BCUT2D eigenvalue weighted by Crippen LogP contribution is -2.76. The number of esters is 1. The second kappa shape index (κ2) is 15.1. The van der Waals surface area contributed by atoms with Crippen LogP contribution in [0.4, 0.5) is 5.13 Å². The van der Waals surface area contributed by atoms with Crippen LogP contribution < -0.4 is 26.2 Å². The Kier molecular flexibility index (Phi) is 11.4. The molecule has 3 heterocycles. The Bertz CT molecular complexity index is 1770. The quantitative estimate of drug-likeness (QED) is 0.0326. The third-order valence-electron chi connectivity index (χ3n) is 7.12. The van der Waals surface area contributed by atoms with Crippen molar-refractivity contribution in [2.45, 2.75) is 51.4 Å². The lowest BCUT2D eigenvalue weighted by molar-refractivity contribution is -0.753. The van der Waals surface area contributed by atoms with E-state index in [1.807, 2.05) is 36.3 Å². The monoisotopic (exact) mass is 708 g/mol. The van der Waals surface area contributed by atoms with Crippen molar-refractivity contribution < 1.29 is 50.6 Å². The highest BCUT2D eigenvalue weighted by Gasteiger charge is 2.57. The molecule has 5 N–H and O–H groups in total. The number of anilines is 1. The summed E-state index contributed by atoms with van der Waals surface area (Å²) in [6.07, 6.45) is 3.41. The molecular weight excluding hydrogens is 672 g/mol. The lowest BCUT2D eigenvalue weighted by atomic mass is 9.84. The summed E-state index contributed by atoms with van der Waals surface area (Å²) in [4.78, 5) is 48.2. The van der Waals surface area contributed by atoms with Crippen molar-refractivity contribution in [3.8, 4) is 16.9 Å². The van der Waals surface area contributed by atoms with Crippen molar-refractivity contribution in [3.05, 3.63) is 47.7 Å². The third-order valence-corrected chi connectivity index (χ3v) is 8.12. The minimum absolute atomic E-state index is 0.0198. The van der Waals surface area contributed by atoms with Crippen molar-refractivity contribution >= 4 is 50.4 Å². The zero-order valence-electron chi connectivity index (χ0n) is 26.5. The maximum absolute atomic E-state index is 13.3. The molecule has 18 nitrogen and oxygen atoms in total. The number of benzene rings is 1. The number of thiazole rings is 1. The van der Waals surface area contributed by atoms with Crippen molar-refractivity contribution in [2.75, 3.05) is 25.5 Å². The van der Waals surface area contributed by atoms with E-state index in [9.17, 15) is 27.4 Å². The first kappa shape index (κ1) is 36.2. The van der Waals surface area contributed by atoms with Gasteiger partial charge < -0.3 is 35.6 Å². The van der Waals surface area contributed by atoms with Gasteiger partial charge in [-0.2, -0.15) is 14.0 Å². The molecule has 1 aliphatic rings. The molecule has 1 fully saturated rings. The summed E-state index contributed by atoms with van der Waals surface area (Å²) >= 11 is 0.987. The van der Waals surface area contributed by atoms with Crippen LogP contribution >= 0.6 is 11.3 Å². The molecule has 0 unspecified atom stereocenters. The number of β-lactam (4-membered cyclic amide) rings is 1. The van der Waals surface area contributed by atoms with Crippen LogP contribution in [-0.2, 0) is 52.2 Å². The number of nitrogens with two attached hydrogens (primary N) is 2. The molecule has 1 aliphatic heterocycles. The second-order valence-corrected chi connectivity index (χ2v) is 12.8. The van der Waals surface area contributed by atoms with Crippen LogP contribution in [0, 0.1) is 0 Å². The number of hydrogen-bond donors (Lipinski definition) is 3. The smallest absolute Gasteiger partial charge is 0.353 e. The molecule has 20 heteroatoms. The first-order valence-electron chi connectivity index (χ1n) is 14.6. The molecule has 0 bridgehead atoms. The average molecular weight is 709 g/mol. The van der Waals surface area contributed by atoms with Crippen LogP contribution in [0.5, 0.6) is 5.75 Å². The summed E-state index contributed by atoms with van der Waals surface area (Å²) in [6.45, 7) is 5.35. The van der Waals surface area contributed by atoms with Gasteiger partial charge in [0.1, 0.15) is 24.1 Å². The summed E-state index contributed by atoms with van der Waals surface area (Å²) < 4.78 is 52.2. The van der Waals surface area contributed by atoms with Crippen molar-refractivity contribution in [2.24, 2.45) is 17.9 Å². The number of oxime groups is 1. The fraction of sp³-hybridized carbons (Fsp3) is 0.429. The van der Waals surface area contributed by atoms with E-state index in [-0.39, 0.29) is 24.0 Å². The fourth-order valence-corrected chi connectivity index (χ4v) is 5.61. The molecule has 2 atom stereocenters. The van der Waals surface area contributed by atoms with Gasteiger partial charge in [-0.3, -0.25) is 9.59 Å². The lowest BCUT2D eigenvalue weighted by Gasteiger charge is -2.51. The number of amides is 2. The Labute approximate surface area is 280 Å². The van der Waals surface area contributed by atoms with E-state index in [0.717, 1.165) is 35.4 Å². The fourth-order valence-electron chi connectivity index (χ4n) is 4.61. The van der Waals surface area contributed by atoms with Crippen LogP contribution in [0.25, 0.3) is 11.1 Å². The van der Waals surface area contributed by atoms with Gasteiger partial charge in [-0.05, 0) is 51.4 Å². The molecule has 0 saturated carbocycles. The van der Waals surface area contributed by atoms with Crippen LogP contribution in [0.1, 0.15) is 32.9 Å². The van der Waals surface area contributed by atoms with E-state index in [0.29, 0.717) is 17.4 Å². The number of nitrogens with one attached hydrogen (secondary N) is 1. The zero-order valence-corrected chi connectivity index (χ0v) is 28.2. The van der Waals surface area contributed by atoms with Crippen molar-refractivity contribution in [1.29, 1.82) is 0 Å². The molecule has 0 aliphatic carbocycles. The minimum atomic E-state index is -5.26. The van der Waals surface area contributed by atoms with Gasteiger partial charge >= 0.3 is 5.97 Å². The van der Waals surface area contributed by atoms with Gasteiger partial charge in [0.15, 0.2) is 17.9 Å². The van der Waals surface area contributed by atoms with E-state index >= 15 is 0 Å². The van der Waals surface area contributed by atoms with Crippen molar-refractivity contribution in [3.63, 3.8) is 0 Å². The highest BCUT2D eigenvalue weighted by Crippen LogP contribution is 2.33. The van der Waals surface area contributed by atoms with Crippen LogP contribution in [0.3, 0.4) is 0 Å². The number of hydroxylamine groups is 2. The summed E-state index contributed by atoms with van der Waals surface area (Å²) in [5.74, 6) is -2.41. The minimum Gasteiger partial charge on any atom is -0.724 e. The van der Waals surface area contributed by atoms with E-state index in [1.54, 1.807) is 19.1 Å². The molecule has 48 heavy (non-hydrogen) atoms. The normalized spacial score (nSPS) is 16.6. The molecule has 1 aromatic carbocycles. The SMILES string of the molecule is CCOC(=O)[C@H](COc1ccc(-c2cn(CCCN)[n+](C)c2)cc1)O/N=C(\C(=O)N[C@@H]1C(=O)N(OS(=O)(=O)[O-])C1(C)C)c1csc(N)n1. The number of ether oxygens (including phenoxy) is 2. The number of aryl methyl sites for hydroxylation is 2. The number of hydrogen-bond acceptors (Lipinski definition) is 15. The Morgan fingerprint density at radius 1 is 1.25 bits per heavy atom. The topological polar surface area (TPSA) is 247 Å². The van der Waals surface area contributed by atoms with Crippen LogP contribution in [0.15, 0.2) is 47.2 Å². The van der Waals surface area contributed by atoms with Crippen LogP contribution in [0.2, 0.25) is 0 Å². The molecular formula is C28H36N8O10S2. The standard InChI is InChI=1S/C28H36N8O10S2/c1-5-43-26(39)21(15-44-19-9-7-17(8-10-19)18-13-34(4)35(14-18)12-6-11-29)45-33-22(20-16-47-27(30)31-20)24(37)32-23-25(38)36(28(23,2)3)46-48(40,41)42/h7-10,13-14,16,21,23H,5-6,11-12,15,29H2,1-4H3,(H3-,30,31,32,37,40,41,42)/b33-22-/t21-,23+/m0/s1. The summed E-state index contributed by atoms with van der Waals surface area (Å²) in [5, 5.41) is 8.09. The first-order chi connectivity index (χ1) is 22.6. The highest BCUT2D eigenvalue weighted by atomic mass is 32.3. The summed E-state index contributed by atoms with van der Waals surface area (Å²) in [7, 11) is -3.32. The maximum atomic E-state index is 13.3.